The lowest BCUT2D eigenvalue weighted by molar-refractivity contribution is 0.0723. The van der Waals surface area contributed by atoms with E-state index in [9.17, 15) is 0 Å². The van der Waals surface area contributed by atoms with E-state index in [0.717, 1.165) is 42.2 Å². The third kappa shape index (κ3) is 3.80. The zero-order chi connectivity index (χ0) is 21.7. The molecular formula is C26H26ClN3O2. The fraction of sp³-hybridized carbons (Fsp3) is 0.346. The summed E-state index contributed by atoms with van der Waals surface area (Å²) in [4.78, 5) is 4.76. The molecule has 0 spiro atoms. The van der Waals surface area contributed by atoms with Crippen molar-refractivity contribution in [3.63, 3.8) is 0 Å². The van der Waals surface area contributed by atoms with Gasteiger partial charge in [0.05, 0.1) is 11.7 Å². The van der Waals surface area contributed by atoms with Gasteiger partial charge in [-0.3, -0.25) is 4.90 Å². The normalized spacial score (nSPS) is 23.3. The highest BCUT2D eigenvalue weighted by Gasteiger charge is 2.48. The Hall–Kier alpha value is -2.76. The summed E-state index contributed by atoms with van der Waals surface area (Å²) in [6.45, 7) is 1.52. The first-order valence-electron chi connectivity index (χ1n) is 11.2. The smallest absolute Gasteiger partial charge is 0.167 e. The van der Waals surface area contributed by atoms with Crippen molar-refractivity contribution in [2.24, 2.45) is 0 Å². The van der Waals surface area contributed by atoms with Crippen LogP contribution in [0.2, 0.25) is 5.02 Å². The highest BCUT2D eigenvalue weighted by atomic mass is 35.5. The van der Waals surface area contributed by atoms with Crippen LogP contribution in [0.4, 0.5) is 0 Å². The SMILES string of the molecule is CN(Cc1cccc(O[C@H]2C[C@H]3CC4=CN3[C@@H]4C2)c1)Cc1cc(-c2ccc(Cl)cc2)on1. The lowest BCUT2D eigenvalue weighted by Gasteiger charge is -2.42. The minimum atomic E-state index is 0.321. The zero-order valence-electron chi connectivity index (χ0n) is 18.1. The highest BCUT2D eigenvalue weighted by molar-refractivity contribution is 6.30. The van der Waals surface area contributed by atoms with Gasteiger partial charge in [-0.05, 0) is 61.0 Å². The van der Waals surface area contributed by atoms with Crippen LogP contribution in [0.1, 0.15) is 30.5 Å². The van der Waals surface area contributed by atoms with Gasteiger partial charge in [0, 0.05) is 54.8 Å². The Balaban J connectivity index is 1.06. The molecule has 4 aliphatic heterocycles. The first kappa shape index (κ1) is 19.9. The van der Waals surface area contributed by atoms with Crippen LogP contribution >= 0.6 is 11.6 Å². The van der Waals surface area contributed by atoms with E-state index in [0.29, 0.717) is 29.8 Å². The summed E-state index contributed by atoms with van der Waals surface area (Å²) >= 11 is 5.97. The number of nitrogens with zero attached hydrogens (tertiary/aromatic N) is 3. The molecule has 2 fully saturated rings. The Labute approximate surface area is 193 Å². The van der Waals surface area contributed by atoms with Crippen molar-refractivity contribution < 1.29 is 9.26 Å². The van der Waals surface area contributed by atoms with Gasteiger partial charge < -0.3 is 14.2 Å². The number of hydrogen-bond donors (Lipinski definition) is 0. The maximum atomic E-state index is 6.40. The third-order valence-electron chi connectivity index (χ3n) is 6.79. The fourth-order valence-electron chi connectivity index (χ4n) is 5.32. The summed E-state index contributed by atoms with van der Waals surface area (Å²) in [6, 6.07) is 19.4. The van der Waals surface area contributed by atoms with Gasteiger partial charge in [-0.1, -0.05) is 28.9 Å². The van der Waals surface area contributed by atoms with E-state index in [4.69, 9.17) is 20.9 Å². The molecule has 6 heteroatoms. The fourth-order valence-corrected chi connectivity index (χ4v) is 5.44. The molecule has 4 bridgehead atoms. The number of benzene rings is 2. The molecule has 3 atom stereocenters. The van der Waals surface area contributed by atoms with Crippen molar-refractivity contribution >= 4 is 11.6 Å². The van der Waals surface area contributed by atoms with Crippen molar-refractivity contribution in [1.82, 2.24) is 15.0 Å². The van der Waals surface area contributed by atoms with Gasteiger partial charge in [-0.2, -0.15) is 0 Å². The lowest BCUT2D eigenvalue weighted by atomic mass is 9.95. The van der Waals surface area contributed by atoms with Gasteiger partial charge in [0.15, 0.2) is 5.76 Å². The van der Waals surface area contributed by atoms with Crippen LogP contribution < -0.4 is 4.74 Å². The molecule has 2 saturated heterocycles. The molecule has 0 saturated carbocycles. The van der Waals surface area contributed by atoms with E-state index in [1.54, 1.807) is 5.57 Å². The standard InChI is InChI=1S/C26H26ClN3O2/c1-29(16-21-11-26(32-28-21)18-5-7-20(27)8-6-18)14-17-3-2-4-23(9-17)31-24-12-22-10-19-15-30(22)25(19)13-24/h2-9,11,15,22,24-25H,10,12-14,16H2,1H3/t22-,24+,25-/m1/s1. The van der Waals surface area contributed by atoms with Crippen molar-refractivity contribution in [2.75, 3.05) is 7.05 Å². The maximum absolute atomic E-state index is 6.40. The van der Waals surface area contributed by atoms with Crippen molar-refractivity contribution in [3.05, 3.63) is 82.7 Å². The first-order chi connectivity index (χ1) is 15.6. The Bertz CT molecular complexity index is 1160. The summed E-state index contributed by atoms with van der Waals surface area (Å²) in [5.74, 6) is 1.73. The second kappa shape index (κ2) is 7.98. The van der Waals surface area contributed by atoms with Gasteiger partial charge in [0.1, 0.15) is 11.9 Å². The van der Waals surface area contributed by atoms with Crippen LogP contribution in [0.25, 0.3) is 11.3 Å². The summed E-state index contributed by atoms with van der Waals surface area (Å²) < 4.78 is 11.9. The molecule has 0 radical (unpaired) electrons. The minimum absolute atomic E-state index is 0.321. The zero-order valence-corrected chi connectivity index (χ0v) is 18.8. The number of aromatic nitrogens is 1. The van der Waals surface area contributed by atoms with E-state index < -0.39 is 0 Å². The second-order valence-corrected chi connectivity index (χ2v) is 9.68. The number of halogens is 1. The van der Waals surface area contributed by atoms with Gasteiger partial charge in [0.2, 0.25) is 0 Å². The largest absolute Gasteiger partial charge is 0.490 e. The molecule has 0 amide bonds. The molecule has 7 rings (SSSR count). The molecule has 3 aromatic rings. The van der Waals surface area contributed by atoms with Gasteiger partial charge in [-0.25, -0.2) is 0 Å². The molecule has 32 heavy (non-hydrogen) atoms. The quantitative estimate of drug-likeness (QED) is 0.477. The molecule has 0 aliphatic carbocycles. The van der Waals surface area contributed by atoms with Gasteiger partial charge in [0.25, 0.3) is 0 Å². The maximum Gasteiger partial charge on any atom is 0.167 e. The number of rotatable bonds is 7. The Morgan fingerprint density at radius 1 is 1.12 bits per heavy atom. The summed E-state index contributed by atoms with van der Waals surface area (Å²) in [5.41, 5.74) is 4.75. The molecule has 5 heterocycles. The predicted octanol–water partition coefficient (Wildman–Crippen LogP) is 5.51. The molecule has 1 aromatic heterocycles. The topological polar surface area (TPSA) is 41.7 Å². The van der Waals surface area contributed by atoms with Crippen LogP contribution in [0.5, 0.6) is 5.75 Å². The van der Waals surface area contributed by atoms with E-state index in [1.807, 2.05) is 30.3 Å². The monoisotopic (exact) mass is 447 g/mol. The Morgan fingerprint density at radius 3 is 2.84 bits per heavy atom. The minimum Gasteiger partial charge on any atom is -0.490 e. The van der Waals surface area contributed by atoms with E-state index >= 15 is 0 Å². The number of hydrogen-bond acceptors (Lipinski definition) is 5. The van der Waals surface area contributed by atoms with Gasteiger partial charge in [-0.15, -0.1) is 0 Å². The Kier molecular flexibility index (Phi) is 4.96. The summed E-state index contributed by atoms with van der Waals surface area (Å²) in [6.07, 6.45) is 6.16. The molecule has 2 aromatic carbocycles. The first-order valence-corrected chi connectivity index (χ1v) is 11.6. The molecule has 0 N–H and O–H groups in total. The second-order valence-electron chi connectivity index (χ2n) is 9.25. The molecule has 4 aliphatic rings. The molecule has 5 nitrogen and oxygen atoms in total. The number of piperidine rings is 1. The Morgan fingerprint density at radius 2 is 2.00 bits per heavy atom. The van der Waals surface area contributed by atoms with Crippen molar-refractivity contribution in [2.45, 2.75) is 50.5 Å². The molecule has 0 unspecified atom stereocenters. The third-order valence-corrected chi connectivity index (χ3v) is 7.04. The van der Waals surface area contributed by atoms with Crippen molar-refractivity contribution in [3.8, 4) is 17.1 Å². The van der Waals surface area contributed by atoms with E-state index in [2.05, 4.69) is 52.5 Å². The van der Waals surface area contributed by atoms with Crippen molar-refractivity contribution in [1.29, 1.82) is 0 Å². The van der Waals surface area contributed by atoms with Crippen LogP contribution in [-0.2, 0) is 13.1 Å². The average Bonchev–Trinajstić information content (AvgIpc) is 3.45. The summed E-state index contributed by atoms with van der Waals surface area (Å²) in [7, 11) is 2.09. The predicted molar refractivity (Wildman–Crippen MR) is 124 cm³/mol. The van der Waals surface area contributed by atoms with E-state index in [1.165, 1.54) is 12.0 Å². The number of ether oxygens (including phenoxy) is 1. The summed E-state index contributed by atoms with van der Waals surface area (Å²) in [5, 5.41) is 4.95. The van der Waals surface area contributed by atoms with Crippen LogP contribution in [-0.4, -0.2) is 40.2 Å². The highest BCUT2D eigenvalue weighted by Crippen LogP contribution is 2.47. The van der Waals surface area contributed by atoms with Crippen LogP contribution in [0, 0.1) is 0 Å². The molecular weight excluding hydrogens is 422 g/mol. The van der Waals surface area contributed by atoms with Crippen LogP contribution in [0.3, 0.4) is 0 Å². The molecule has 164 valence electrons. The van der Waals surface area contributed by atoms with Gasteiger partial charge >= 0.3 is 0 Å². The van der Waals surface area contributed by atoms with Crippen LogP contribution in [0.15, 0.2) is 70.9 Å². The van der Waals surface area contributed by atoms with E-state index in [-0.39, 0.29) is 0 Å². The average molecular weight is 448 g/mol. The lowest BCUT2D eigenvalue weighted by Crippen LogP contribution is -2.47.